The Kier molecular flexibility index (Phi) is 7.80. The predicted octanol–water partition coefficient (Wildman–Crippen LogP) is 2.17. The van der Waals surface area contributed by atoms with E-state index < -0.39 is 0 Å². The minimum absolute atomic E-state index is 0.107. The Balaban J connectivity index is 1.29. The lowest BCUT2D eigenvalue weighted by Gasteiger charge is -2.57. The Labute approximate surface area is 208 Å². The summed E-state index contributed by atoms with van der Waals surface area (Å²) in [5.41, 5.74) is 3.20. The molecule has 0 saturated carbocycles. The van der Waals surface area contributed by atoms with Crippen LogP contribution in [0.25, 0.3) is 0 Å². The molecule has 2 aromatic carbocycles. The van der Waals surface area contributed by atoms with E-state index in [0.29, 0.717) is 19.8 Å². The van der Waals surface area contributed by atoms with Crippen LogP contribution in [0.5, 0.6) is 0 Å². The van der Waals surface area contributed by atoms with Gasteiger partial charge in [-0.05, 0) is 49.2 Å². The van der Waals surface area contributed by atoms with Crippen molar-refractivity contribution in [2.75, 3.05) is 59.1 Å². The topological polar surface area (TPSA) is 56.2 Å². The Hall–Kier alpha value is -2.69. The first kappa shape index (κ1) is 24.0. The lowest BCUT2D eigenvalue weighted by molar-refractivity contribution is -0.138. The molecule has 0 unspecified atom stereocenters. The molecule has 3 aliphatic rings. The first-order valence-electron chi connectivity index (χ1n) is 12.8. The third kappa shape index (κ3) is 5.60. The summed E-state index contributed by atoms with van der Waals surface area (Å²) in [6.07, 6.45) is 2.06. The molecule has 5 rings (SSSR count). The molecule has 3 aliphatic heterocycles. The average Bonchev–Trinajstić information content (AvgIpc) is 2.88. The molecule has 6 nitrogen and oxygen atoms in total. The Morgan fingerprint density at radius 1 is 0.914 bits per heavy atom. The van der Waals surface area contributed by atoms with Gasteiger partial charge in [-0.15, -0.1) is 0 Å². The standard InChI is InChI=1S/C29H35N3O3/c33-22-27-29(25-12-10-24(11-13-25)9-8-23-6-2-1-3-7-23)26-20-31(14-4-5-15-32(26)27)28(34)21-30-16-18-35-19-17-30/h1-3,6-7,10-13,26-27,29,33H,4-5,14-22H2/t26-,27+,29-/m0/s1. The van der Waals surface area contributed by atoms with Gasteiger partial charge in [0.2, 0.25) is 5.91 Å². The summed E-state index contributed by atoms with van der Waals surface area (Å²) < 4.78 is 5.43. The quantitative estimate of drug-likeness (QED) is 0.690. The summed E-state index contributed by atoms with van der Waals surface area (Å²) in [5, 5.41) is 10.2. The average molecular weight is 474 g/mol. The number of aliphatic hydroxyl groups excluding tert-OH is 1. The van der Waals surface area contributed by atoms with Gasteiger partial charge in [0.05, 0.1) is 26.4 Å². The zero-order valence-corrected chi connectivity index (χ0v) is 20.3. The van der Waals surface area contributed by atoms with Gasteiger partial charge >= 0.3 is 0 Å². The van der Waals surface area contributed by atoms with E-state index in [1.54, 1.807) is 0 Å². The molecule has 0 aliphatic carbocycles. The summed E-state index contributed by atoms with van der Waals surface area (Å²) in [6.45, 7) is 6.19. The van der Waals surface area contributed by atoms with Gasteiger partial charge in [0, 0.05) is 55.3 Å². The fraction of sp³-hybridized carbons (Fsp3) is 0.483. The highest BCUT2D eigenvalue weighted by Gasteiger charge is 2.49. The fourth-order valence-electron chi connectivity index (χ4n) is 5.67. The molecule has 0 radical (unpaired) electrons. The Bertz CT molecular complexity index is 1040. The highest BCUT2D eigenvalue weighted by Crippen LogP contribution is 2.42. The smallest absolute Gasteiger partial charge is 0.236 e. The third-order valence-electron chi connectivity index (χ3n) is 7.61. The molecule has 0 aromatic heterocycles. The van der Waals surface area contributed by atoms with Crippen LogP contribution < -0.4 is 0 Å². The largest absolute Gasteiger partial charge is 0.395 e. The number of benzene rings is 2. The van der Waals surface area contributed by atoms with E-state index in [9.17, 15) is 9.90 Å². The molecule has 35 heavy (non-hydrogen) atoms. The second-order valence-corrected chi connectivity index (χ2v) is 9.75. The molecule has 3 fully saturated rings. The number of ether oxygens (including phenoxy) is 1. The lowest BCUT2D eigenvalue weighted by Crippen LogP contribution is -2.68. The third-order valence-corrected chi connectivity index (χ3v) is 7.61. The minimum Gasteiger partial charge on any atom is -0.395 e. The Morgan fingerprint density at radius 3 is 2.31 bits per heavy atom. The molecule has 2 aromatic rings. The number of aliphatic hydroxyl groups is 1. The van der Waals surface area contributed by atoms with E-state index in [1.165, 1.54) is 5.56 Å². The summed E-state index contributed by atoms with van der Waals surface area (Å²) in [5.74, 6) is 6.89. The molecule has 184 valence electrons. The van der Waals surface area contributed by atoms with E-state index in [2.05, 4.69) is 50.8 Å². The Morgan fingerprint density at radius 2 is 1.60 bits per heavy atom. The van der Waals surface area contributed by atoms with Crippen LogP contribution in [0.1, 0.15) is 35.4 Å². The maximum atomic E-state index is 13.2. The van der Waals surface area contributed by atoms with Gasteiger partial charge in [0.25, 0.3) is 0 Å². The zero-order valence-electron chi connectivity index (χ0n) is 20.3. The second kappa shape index (κ2) is 11.4. The molecule has 3 heterocycles. The summed E-state index contributed by atoms with van der Waals surface area (Å²) in [6, 6.07) is 18.8. The molecule has 6 heteroatoms. The summed E-state index contributed by atoms with van der Waals surface area (Å²) in [4.78, 5) is 19.9. The van der Waals surface area contributed by atoms with Crippen LogP contribution in [0.15, 0.2) is 54.6 Å². The first-order chi connectivity index (χ1) is 17.2. The van der Waals surface area contributed by atoms with E-state index in [4.69, 9.17) is 4.74 Å². The van der Waals surface area contributed by atoms with Crippen molar-refractivity contribution in [1.29, 1.82) is 0 Å². The summed E-state index contributed by atoms with van der Waals surface area (Å²) in [7, 11) is 0. The molecule has 0 spiro atoms. The van der Waals surface area contributed by atoms with E-state index in [0.717, 1.165) is 56.7 Å². The minimum atomic E-state index is 0.107. The van der Waals surface area contributed by atoms with Crippen molar-refractivity contribution < 1.29 is 14.6 Å². The van der Waals surface area contributed by atoms with E-state index in [-0.39, 0.29) is 30.5 Å². The number of amides is 1. The van der Waals surface area contributed by atoms with Crippen molar-refractivity contribution >= 4 is 5.91 Å². The first-order valence-corrected chi connectivity index (χ1v) is 12.8. The number of hydrogen-bond donors (Lipinski definition) is 1. The molecule has 1 amide bonds. The normalized spacial score (nSPS) is 25.4. The van der Waals surface area contributed by atoms with Crippen LogP contribution in [-0.4, -0.2) is 96.9 Å². The van der Waals surface area contributed by atoms with Gasteiger partial charge in [0.1, 0.15) is 0 Å². The monoisotopic (exact) mass is 473 g/mol. The van der Waals surface area contributed by atoms with Crippen LogP contribution in [0.3, 0.4) is 0 Å². The number of carbonyl (C=O) groups is 1. The van der Waals surface area contributed by atoms with Crippen molar-refractivity contribution in [2.24, 2.45) is 0 Å². The van der Waals surface area contributed by atoms with Crippen molar-refractivity contribution in [3.8, 4) is 11.8 Å². The fourth-order valence-corrected chi connectivity index (χ4v) is 5.67. The number of carbonyl (C=O) groups excluding carboxylic acids is 1. The number of hydrogen-bond acceptors (Lipinski definition) is 5. The highest BCUT2D eigenvalue weighted by atomic mass is 16.5. The molecule has 0 bridgehead atoms. The van der Waals surface area contributed by atoms with Gasteiger partial charge in [-0.3, -0.25) is 14.6 Å². The van der Waals surface area contributed by atoms with Gasteiger partial charge in [-0.2, -0.15) is 0 Å². The van der Waals surface area contributed by atoms with E-state index >= 15 is 0 Å². The highest BCUT2D eigenvalue weighted by molar-refractivity contribution is 5.78. The summed E-state index contributed by atoms with van der Waals surface area (Å²) >= 11 is 0. The van der Waals surface area contributed by atoms with Crippen molar-refractivity contribution in [3.05, 3.63) is 71.3 Å². The zero-order chi connectivity index (χ0) is 24.0. The number of morpholine rings is 1. The number of rotatable bonds is 4. The molecule has 3 saturated heterocycles. The van der Waals surface area contributed by atoms with Crippen LogP contribution in [0.2, 0.25) is 0 Å². The molecule has 3 atom stereocenters. The SMILES string of the molecule is O=C(CN1CCOCC1)N1CCCCN2[C@H](CO)[C@@H](c3ccc(C#Cc4ccccc4)cc3)[C@@H]2C1. The number of fused-ring (bicyclic) bond motifs is 1. The van der Waals surface area contributed by atoms with Crippen LogP contribution in [0.4, 0.5) is 0 Å². The van der Waals surface area contributed by atoms with Gasteiger partial charge < -0.3 is 14.7 Å². The molecule has 1 N–H and O–H groups in total. The van der Waals surface area contributed by atoms with Crippen molar-refractivity contribution in [2.45, 2.75) is 30.8 Å². The lowest BCUT2D eigenvalue weighted by atomic mass is 9.74. The van der Waals surface area contributed by atoms with Crippen LogP contribution in [-0.2, 0) is 9.53 Å². The van der Waals surface area contributed by atoms with Crippen molar-refractivity contribution in [3.63, 3.8) is 0 Å². The predicted molar refractivity (Wildman–Crippen MR) is 136 cm³/mol. The van der Waals surface area contributed by atoms with Crippen molar-refractivity contribution in [1.82, 2.24) is 14.7 Å². The van der Waals surface area contributed by atoms with Gasteiger partial charge in [-0.1, -0.05) is 42.2 Å². The van der Waals surface area contributed by atoms with Gasteiger partial charge in [0.15, 0.2) is 0 Å². The van der Waals surface area contributed by atoms with Gasteiger partial charge in [-0.25, -0.2) is 0 Å². The van der Waals surface area contributed by atoms with E-state index in [1.807, 2.05) is 30.3 Å². The maximum absolute atomic E-state index is 13.2. The van der Waals surface area contributed by atoms with Crippen LogP contribution >= 0.6 is 0 Å². The maximum Gasteiger partial charge on any atom is 0.236 e. The second-order valence-electron chi connectivity index (χ2n) is 9.75. The molecular formula is C29H35N3O3. The number of nitrogens with zero attached hydrogens (tertiary/aromatic N) is 3. The van der Waals surface area contributed by atoms with Crippen LogP contribution in [0, 0.1) is 11.8 Å². The molecular weight excluding hydrogens is 438 g/mol.